The predicted octanol–water partition coefficient (Wildman–Crippen LogP) is 3.33. The molecule has 0 fully saturated rings. The Morgan fingerprint density at radius 1 is 1.00 bits per heavy atom. The summed E-state index contributed by atoms with van der Waals surface area (Å²) in [6, 6.07) is 13.2. The third-order valence-corrected chi connectivity index (χ3v) is 3.96. The Morgan fingerprint density at radius 3 is 1.71 bits per heavy atom. The number of benzene rings is 2. The first-order valence-electron chi connectivity index (χ1n) is 7.13. The van der Waals surface area contributed by atoms with E-state index in [2.05, 4.69) is 5.32 Å². The smallest absolute Gasteiger partial charge is 0.251 e. The van der Waals surface area contributed by atoms with Crippen LogP contribution in [0.5, 0.6) is 0 Å². The van der Waals surface area contributed by atoms with E-state index in [4.69, 9.17) is 28.9 Å². The standard InChI is InChI=1S/C17H18Cl2N2O2.ClH/c1-10(20)16(22)17(23)21-15(11-2-6-13(18)7-3-11)12-4-8-14(19)9-5-12;/h2-10,15-16,22H,20H2,1H3,(H,21,23);1H. The molecule has 130 valence electrons. The first kappa shape index (κ1) is 20.7. The number of hydrogen-bond donors (Lipinski definition) is 3. The van der Waals surface area contributed by atoms with E-state index < -0.39 is 24.1 Å². The minimum Gasteiger partial charge on any atom is -0.382 e. The van der Waals surface area contributed by atoms with Crippen molar-refractivity contribution in [2.24, 2.45) is 5.73 Å². The van der Waals surface area contributed by atoms with E-state index in [1.165, 1.54) is 0 Å². The Labute approximate surface area is 157 Å². The molecule has 0 radical (unpaired) electrons. The van der Waals surface area contributed by atoms with Gasteiger partial charge in [0.05, 0.1) is 6.04 Å². The molecule has 0 saturated carbocycles. The van der Waals surface area contributed by atoms with E-state index in [1.807, 2.05) is 24.3 Å². The molecule has 4 N–H and O–H groups in total. The third kappa shape index (κ3) is 5.36. The topological polar surface area (TPSA) is 75.3 Å². The predicted molar refractivity (Wildman–Crippen MR) is 99.8 cm³/mol. The monoisotopic (exact) mass is 388 g/mol. The van der Waals surface area contributed by atoms with Crippen LogP contribution >= 0.6 is 35.6 Å². The van der Waals surface area contributed by atoms with Gasteiger partial charge in [0.25, 0.3) is 5.91 Å². The molecule has 2 atom stereocenters. The van der Waals surface area contributed by atoms with Crippen molar-refractivity contribution in [3.8, 4) is 0 Å². The molecule has 7 heteroatoms. The van der Waals surface area contributed by atoms with Crippen LogP contribution in [0.4, 0.5) is 0 Å². The second kappa shape index (κ2) is 9.25. The lowest BCUT2D eigenvalue weighted by Gasteiger charge is -2.23. The molecule has 1 amide bonds. The molecule has 0 bridgehead atoms. The van der Waals surface area contributed by atoms with Gasteiger partial charge < -0.3 is 16.2 Å². The van der Waals surface area contributed by atoms with E-state index in [9.17, 15) is 9.90 Å². The Hall–Kier alpha value is -1.30. The number of carbonyl (C=O) groups excluding carboxylic acids is 1. The number of halogens is 3. The zero-order chi connectivity index (χ0) is 17.0. The van der Waals surface area contributed by atoms with Crippen LogP contribution in [0.2, 0.25) is 10.0 Å². The number of amides is 1. The van der Waals surface area contributed by atoms with E-state index >= 15 is 0 Å². The molecule has 0 aliphatic carbocycles. The van der Waals surface area contributed by atoms with Crippen LogP contribution < -0.4 is 11.1 Å². The summed E-state index contributed by atoms with van der Waals surface area (Å²) >= 11 is 11.8. The first-order chi connectivity index (χ1) is 10.9. The zero-order valence-corrected chi connectivity index (χ0v) is 15.3. The van der Waals surface area contributed by atoms with Crippen LogP contribution in [0, 0.1) is 0 Å². The summed E-state index contributed by atoms with van der Waals surface area (Å²) in [6.07, 6.45) is -1.28. The lowest BCUT2D eigenvalue weighted by molar-refractivity contribution is -0.130. The van der Waals surface area contributed by atoms with Gasteiger partial charge in [-0.25, -0.2) is 0 Å². The number of hydrogen-bond acceptors (Lipinski definition) is 3. The fraction of sp³-hybridized carbons (Fsp3) is 0.235. The lowest BCUT2D eigenvalue weighted by atomic mass is 9.98. The molecule has 0 aliphatic rings. The molecule has 2 unspecified atom stereocenters. The maximum Gasteiger partial charge on any atom is 0.251 e. The van der Waals surface area contributed by atoms with Crippen molar-refractivity contribution in [1.29, 1.82) is 0 Å². The molecule has 2 rings (SSSR count). The Kier molecular flexibility index (Phi) is 8.00. The van der Waals surface area contributed by atoms with Gasteiger partial charge in [0, 0.05) is 16.1 Å². The molecule has 2 aromatic rings. The first-order valence-corrected chi connectivity index (χ1v) is 7.89. The van der Waals surface area contributed by atoms with Gasteiger partial charge in [-0.2, -0.15) is 0 Å². The summed E-state index contributed by atoms with van der Waals surface area (Å²) in [4.78, 5) is 12.2. The van der Waals surface area contributed by atoms with Crippen molar-refractivity contribution in [2.45, 2.75) is 25.1 Å². The minimum absolute atomic E-state index is 0. The number of nitrogens with two attached hydrogens (primary N) is 1. The average Bonchev–Trinajstić information content (AvgIpc) is 2.53. The number of rotatable bonds is 5. The summed E-state index contributed by atoms with van der Waals surface area (Å²) in [5, 5.41) is 13.9. The highest BCUT2D eigenvalue weighted by molar-refractivity contribution is 6.30. The highest BCUT2D eigenvalue weighted by atomic mass is 35.5. The number of aliphatic hydroxyl groups excluding tert-OH is 1. The normalized spacial score (nSPS) is 13.1. The Morgan fingerprint density at radius 2 is 1.38 bits per heavy atom. The molecule has 0 saturated heterocycles. The summed E-state index contributed by atoms with van der Waals surface area (Å²) in [6.45, 7) is 1.57. The van der Waals surface area contributed by atoms with Gasteiger partial charge in [-0.15, -0.1) is 12.4 Å². The lowest BCUT2D eigenvalue weighted by Crippen LogP contribution is -2.46. The van der Waals surface area contributed by atoms with Crippen molar-refractivity contribution >= 4 is 41.5 Å². The van der Waals surface area contributed by atoms with Crippen LogP contribution in [0.3, 0.4) is 0 Å². The van der Waals surface area contributed by atoms with Crippen LogP contribution in [0.15, 0.2) is 48.5 Å². The van der Waals surface area contributed by atoms with Gasteiger partial charge in [0.15, 0.2) is 0 Å². The van der Waals surface area contributed by atoms with Gasteiger partial charge in [0.2, 0.25) is 0 Å². The summed E-state index contributed by atoms with van der Waals surface area (Å²) in [5.74, 6) is -0.532. The molecule has 4 nitrogen and oxygen atoms in total. The highest BCUT2D eigenvalue weighted by Gasteiger charge is 2.24. The van der Waals surface area contributed by atoms with Crippen molar-refractivity contribution in [1.82, 2.24) is 5.32 Å². The molecular weight excluding hydrogens is 371 g/mol. The van der Waals surface area contributed by atoms with Gasteiger partial charge in [-0.05, 0) is 42.3 Å². The third-order valence-electron chi connectivity index (χ3n) is 3.46. The number of carbonyl (C=O) groups is 1. The van der Waals surface area contributed by atoms with Gasteiger partial charge >= 0.3 is 0 Å². The Balaban J connectivity index is 0.00000288. The fourth-order valence-corrected chi connectivity index (χ4v) is 2.39. The van der Waals surface area contributed by atoms with Crippen molar-refractivity contribution in [3.63, 3.8) is 0 Å². The quantitative estimate of drug-likeness (QED) is 0.734. The van der Waals surface area contributed by atoms with E-state index in [1.54, 1.807) is 31.2 Å². The van der Waals surface area contributed by atoms with Gasteiger partial charge in [0.1, 0.15) is 6.10 Å². The van der Waals surface area contributed by atoms with Gasteiger partial charge in [-0.1, -0.05) is 47.5 Å². The molecule has 0 aliphatic heterocycles. The number of nitrogens with one attached hydrogen (secondary N) is 1. The summed E-state index contributed by atoms with van der Waals surface area (Å²) in [7, 11) is 0. The van der Waals surface area contributed by atoms with Crippen LogP contribution in [0.1, 0.15) is 24.1 Å². The van der Waals surface area contributed by atoms with E-state index in [0.717, 1.165) is 11.1 Å². The summed E-state index contributed by atoms with van der Waals surface area (Å²) < 4.78 is 0. The van der Waals surface area contributed by atoms with Crippen molar-refractivity contribution < 1.29 is 9.90 Å². The van der Waals surface area contributed by atoms with E-state index in [-0.39, 0.29) is 12.4 Å². The van der Waals surface area contributed by atoms with Crippen LogP contribution in [-0.2, 0) is 4.79 Å². The Bertz CT molecular complexity index is 615. The average molecular weight is 390 g/mol. The second-order valence-corrected chi connectivity index (χ2v) is 6.22. The molecular formula is C17H19Cl3N2O2. The van der Waals surface area contributed by atoms with Crippen LogP contribution in [0.25, 0.3) is 0 Å². The maximum absolute atomic E-state index is 12.2. The van der Waals surface area contributed by atoms with Crippen molar-refractivity contribution in [3.05, 3.63) is 69.7 Å². The molecule has 0 spiro atoms. The van der Waals surface area contributed by atoms with Crippen LogP contribution in [-0.4, -0.2) is 23.2 Å². The zero-order valence-electron chi connectivity index (χ0n) is 12.9. The SMILES string of the molecule is CC(N)C(O)C(=O)NC(c1ccc(Cl)cc1)c1ccc(Cl)cc1.Cl. The minimum atomic E-state index is -1.28. The highest BCUT2D eigenvalue weighted by Crippen LogP contribution is 2.25. The fourth-order valence-electron chi connectivity index (χ4n) is 2.14. The largest absolute Gasteiger partial charge is 0.382 e. The van der Waals surface area contributed by atoms with E-state index in [0.29, 0.717) is 10.0 Å². The van der Waals surface area contributed by atoms with Crippen molar-refractivity contribution in [2.75, 3.05) is 0 Å². The number of aliphatic hydroxyl groups is 1. The molecule has 24 heavy (non-hydrogen) atoms. The summed E-state index contributed by atoms with van der Waals surface area (Å²) in [5.41, 5.74) is 7.25. The molecule has 0 aromatic heterocycles. The maximum atomic E-state index is 12.2. The molecule has 2 aromatic carbocycles. The second-order valence-electron chi connectivity index (χ2n) is 5.35. The molecule has 0 heterocycles. The van der Waals surface area contributed by atoms with Gasteiger partial charge in [-0.3, -0.25) is 4.79 Å².